The monoisotopic (exact) mass is 319 g/mol. The minimum Gasteiger partial charge on any atom is -0.347 e. The summed E-state index contributed by atoms with van der Waals surface area (Å²) in [5.41, 5.74) is 3.05. The summed E-state index contributed by atoms with van der Waals surface area (Å²) in [4.78, 5) is 30.5. The van der Waals surface area contributed by atoms with Gasteiger partial charge in [-0.15, -0.1) is 0 Å². The average molecular weight is 319 g/mol. The van der Waals surface area contributed by atoms with Crippen molar-refractivity contribution in [2.45, 2.75) is 13.5 Å². The van der Waals surface area contributed by atoms with Crippen molar-refractivity contribution >= 4 is 5.91 Å². The van der Waals surface area contributed by atoms with Gasteiger partial charge in [-0.2, -0.15) is 4.98 Å². The predicted octanol–water partition coefficient (Wildman–Crippen LogP) is 2.68. The molecule has 3 aromatic rings. The first kappa shape index (κ1) is 15.7. The molecule has 1 heterocycles. The molecule has 0 bridgehead atoms. The van der Waals surface area contributed by atoms with Crippen molar-refractivity contribution in [3.63, 3.8) is 0 Å². The Bertz CT molecular complexity index is 917. The molecular weight excluding hydrogens is 302 g/mol. The third-order valence-corrected chi connectivity index (χ3v) is 3.76. The van der Waals surface area contributed by atoms with E-state index in [0.717, 1.165) is 16.7 Å². The van der Waals surface area contributed by atoms with Crippen LogP contribution in [0.4, 0.5) is 0 Å². The number of aromatic amines is 1. The second kappa shape index (κ2) is 6.91. The number of H-pyrrole nitrogens is 1. The van der Waals surface area contributed by atoms with Gasteiger partial charge in [-0.05, 0) is 24.1 Å². The standard InChI is InChI=1S/C19H17N3O2/c1-13-7-5-6-10-15(13)12-20-18(23)17-11-16(21-19(24)22-17)14-8-3-2-4-9-14/h2-11H,12H2,1H3,(H,20,23)(H,21,22,24). The van der Waals surface area contributed by atoms with Crippen molar-refractivity contribution in [1.29, 1.82) is 0 Å². The zero-order valence-electron chi connectivity index (χ0n) is 13.2. The molecule has 0 fully saturated rings. The second-order valence-corrected chi connectivity index (χ2v) is 5.46. The van der Waals surface area contributed by atoms with Crippen molar-refractivity contribution in [1.82, 2.24) is 15.3 Å². The van der Waals surface area contributed by atoms with Crippen molar-refractivity contribution in [2.75, 3.05) is 0 Å². The van der Waals surface area contributed by atoms with Gasteiger partial charge in [0.1, 0.15) is 5.69 Å². The Labute approximate surface area is 139 Å². The second-order valence-electron chi connectivity index (χ2n) is 5.46. The molecule has 0 unspecified atom stereocenters. The third kappa shape index (κ3) is 3.57. The summed E-state index contributed by atoms with van der Waals surface area (Å²) in [5.74, 6) is -0.338. The first-order chi connectivity index (χ1) is 11.6. The highest BCUT2D eigenvalue weighted by Crippen LogP contribution is 2.15. The van der Waals surface area contributed by atoms with Gasteiger partial charge in [0.25, 0.3) is 5.91 Å². The van der Waals surface area contributed by atoms with Crippen LogP contribution in [0.1, 0.15) is 21.6 Å². The number of carbonyl (C=O) groups is 1. The van der Waals surface area contributed by atoms with Gasteiger partial charge in [0, 0.05) is 12.1 Å². The minimum absolute atomic E-state index is 0.197. The Morgan fingerprint density at radius 3 is 2.54 bits per heavy atom. The van der Waals surface area contributed by atoms with Crippen LogP contribution in [0.25, 0.3) is 11.3 Å². The van der Waals surface area contributed by atoms with Crippen LogP contribution in [0.3, 0.4) is 0 Å². The molecule has 120 valence electrons. The highest BCUT2D eigenvalue weighted by molar-refractivity contribution is 5.93. The van der Waals surface area contributed by atoms with Crippen molar-refractivity contribution in [3.05, 3.63) is 88.0 Å². The van der Waals surface area contributed by atoms with Crippen molar-refractivity contribution < 1.29 is 4.79 Å². The summed E-state index contributed by atoms with van der Waals surface area (Å²) in [7, 11) is 0. The quantitative estimate of drug-likeness (QED) is 0.776. The predicted molar refractivity (Wildman–Crippen MR) is 92.6 cm³/mol. The van der Waals surface area contributed by atoms with Crippen molar-refractivity contribution in [3.8, 4) is 11.3 Å². The third-order valence-electron chi connectivity index (χ3n) is 3.76. The maximum absolute atomic E-state index is 12.4. The van der Waals surface area contributed by atoms with E-state index in [1.54, 1.807) is 6.07 Å². The Kier molecular flexibility index (Phi) is 4.52. The summed E-state index contributed by atoms with van der Waals surface area (Å²) in [6.07, 6.45) is 0. The van der Waals surface area contributed by atoms with Crippen LogP contribution >= 0.6 is 0 Å². The zero-order valence-corrected chi connectivity index (χ0v) is 13.2. The van der Waals surface area contributed by atoms with Crippen LogP contribution in [0.15, 0.2) is 65.5 Å². The summed E-state index contributed by atoms with van der Waals surface area (Å²) >= 11 is 0. The molecule has 5 nitrogen and oxygen atoms in total. The van der Waals surface area contributed by atoms with Gasteiger partial charge in [-0.1, -0.05) is 54.6 Å². The van der Waals surface area contributed by atoms with E-state index in [9.17, 15) is 9.59 Å². The lowest BCUT2D eigenvalue weighted by Gasteiger charge is -2.08. The zero-order chi connectivity index (χ0) is 16.9. The molecule has 0 radical (unpaired) electrons. The van der Waals surface area contributed by atoms with Crippen molar-refractivity contribution in [2.24, 2.45) is 0 Å². The van der Waals surface area contributed by atoms with Crippen LogP contribution in [-0.4, -0.2) is 15.9 Å². The number of hydrogen-bond donors (Lipinski definition) is 2. The van der Waals surface area contributed by atoms with Gasteiger partial charge in [0.15, 0.2) is 0 Å². The Morgan fingerprint density at radius 2 is 1.79 bits per heavy atom. The molecule has 0 aliphatic heterocycles. The van der Waals surface area contributed by atoms with E-state index in [2.05, 4.69) is 15.3 Å². The molecule has 0 spiro atoms. The molecule has 1 aromatic heterocycles. The summed E-state index contributed by atoms with van der Waals surface area (Å²) in [6.45, 7) is 2.39. The normalized spacial score (nSPS) is 10.4. The van der Waals surface area contributed by atoms with Gasteiger partial charge < -0.3 is 10.3 Å². The number of amides is 1. The van der Waals surface area contributed by atoms with E-state index in [1.807, 2.05) is 61.5 Å². The fourth-order valence-electron chi connectivity index (χ4n) is 2.42. The number of benzene rings is 2. The van der Waals surface area contributed by atoms with Crippen LogP contribution < -0.4 is 11.0 Å². The Morgan fingerprint density at radius 1 is 1.08 bits per heavy atom. The Balaban J connectivity index is 1.81. The van der Waals surface area contributed by atoms with E-state index in [1.165, 1.54) is 0 Å². The molecule has 3 rings (SSSR count). The molecule has 2 N–H and O–H groups in total. The molecule has 0 saturated heterocycles. The SMILES string of the molecule is Cc1ccccc1CNC(=O)c1cc(-c2ccccc2)nc(=O)[nH]1. The molecule has 0 atom stereocenters. The van der Waals surface area contributed by atoms with Gasteiger partial charge >= 0.3 is 5.69 Å². The first-order valence-corrected chi connectivity index (χ1v) is 7.63. The summed E-state index contributed by atoms with van der Waals surface area (Å²) < 4.78 is 0. The smallest absolute Gasteiger partial charge is 0.346 e. The molecule has 0 aliphatic rings. The molecule has 2 aromatic carbocycles. The minimum atomic E-state index is -0.544. The van der Waals surface area contributed by atoms with Crippen LogP contribution in [0, 0.1) is 6.92 Å². The lowest BCUT2D eigenvalue weighted by Crippen LogP contribution is -2.27. The summed E-state index contributed by atoms with van der Waals surface area (Å²) in [5, 5.41) is 2.83. The molecule has 0 aliphatic carbocycles. The maximum atomic E-state index is 12.4. The maximum Gasteiger partial charge on any atom is 0.346 e. The Hall–Kier alpha value is -3.21. The van der Waals surface area contributed by atoms with Gasteiger partial charge in [-0.25, -0.2) is 4.79 Å². The molecule has 0 saturated carbocycles. The van der Waals surface area contributed by atoms with Gasteiger partial charge in [0.2, 0.25) is 0 Å². The molecular formula is C19H17N3O2. The lowest BCUT2D eigenvalue weighted by atomic mass is 10.1. The molecule has 5 heteroatoms. The van der Waals surface area contributed by atoms with Crippen LogP contribution in [0.2, 0.25) is 0 Å². The summed E-state index contributed by atoms with van der Waals surface area (Å²) in [6, 6.07) is 18.7. The van der Waals surface area contributed by atoms with Crippen LogP contribution in [0.5, 0.6) is 0 Å². The number of aryl methyl sites for hydroxylation is 1. The highest BCUT2D eigenvalue weighted by atomic mass is 16.2. The largest absolute Gasteiger partial charge is 0.347 e. The van der Waals surface area contributed by atoms with Gasteiger partial charge in [0.05, 0.1) is 5.69 Å². The molecule has 24 heavy (non-hydrogen) atoms. The van der Waals surface area contributed by atoms with E-state index in [0.29, 0.717) is 12.2 Å². The number of hydrogen-bond acceptors (Lipinski definition) is 3. The fraction of sp³-hybridized carbons (Fsp3) is 0.105. The average Bonchev–Trinajstić information content (AvgIpc) is 2.61. The number of carbonyl (C=O) groups excluding carboxylic acids is 1. The van der Waals surface area contributed by atoms with E-state index in [-0.39, 0.29) is 11.6 Å². The van der Waals surface area contributed by atoms with Gasteiger partial charge in [-0.3, -0.25) is 4.79 Å². The molecule has 1 amide bonds. The first-order valence-electron chi connectivity index (χ1n) is 7.63. The van der Waals surface area contributed by atoms with E-state index in [4.69, 9.17) is 0 Å². The number of nitrogens with one attached hydrogen (secondary N) is 2. The van der Waals surface area contributed by atoms with E-state index >= 15 is 0 Å². The fourth-order valence-corrected chi connectivity index (χ4v) is 2.42. The topological polar surface area (TPSA) is 74.8 Å². The van der Waals surface area contributed by atoms with Crippen LogP contribution in [-0.2, 0) is 6.54 Å². The highest BCUT2D eigenvalue weighted by Gasteiger charge is 2.10. The number of aromatic nitrogens is 2. The lowest BCUT2D eigenvalue weighted by molar-refractivity contribution is 0.0945. The number of nitrogens with zero attached hydrogens (tertiary/aromatic N) is 1. The number of rotatable bonds is 4. The van der Waals surface area contributed by atoms with E-state index < -0.39 is 5.69 Å².